The third kappa shape index (κ3) is 4.74. The number of hydrogen-bond donors (Lipinski definition) is 0. The highest BCUT2D eigenvalue weighted by Crippen LogP contribution is 2.35. The first-order valence-corrected chi connectivity index (χ1v) is 11.7. The van der Waals surface area contributed by atoms with Gasteiger partial charge in [-0.1, -0.05) is 56.6 Å². The first kappa shape index (κ1) is 22.9. The standard InChI is InChI=1S/C26H32N5O2/c1-17(2)21-14-9-18(3)15-24(21)33-25(32)16-31-23-8-6-5-7-22(23)30(4)26(31)19-10-12-20(13-11-19)28-29-27/h5-8,10-13,17-18,21,24H,9,14-16H2,1-4H3/q+1/t18-,21+,24-/m1/s1. The zero-order valence-corrected chi connectivity index (χ0v) is 19.8. The van der Waals surface area contributed by atoms with E-state index in [1.165, 1.54) is 6.42 Å². The van der Waals surface area contributed by atoms with Gasteiger partial charge in [0.1, 0.15) is 6.10 Å². The number of esters is 1. The lowest BCUT2D eigenvalue weighted by Crippen LogP contribution is -2.37. The van der Waals surface area contributed by atoms with E-state index in [1.54, 1.807) is 12.1 Å². The summed E-state index contributed by atoms with van der Waals surface area (Å²) in [7, 11) is 2.00. The Kier molecular flexibility index (Phi) is 6.70. The number of azide groups is 1. The second-order valence-corrected chi connectivity index (χ2v) is 9.55. The Hall–Kier alpha value is -3.31. The van der Waals surface area contributed by atoms with Gasteiger partial charge in [-0.15, -0.1) is 0 Å². The summed E-state index contributed by atoms with van der Waals surface area (Å²) >= 11 is 0. The molecule has 2 aromatic carbocycles. The Morgan fingerprint density at radius 2 is 1.94 bits per heavy atom. The monoisotopic (exact) mass is 446 g/mol. The van der Waals surface area contributed by atoms with Crippen molar-refractivity contribution in [3.63, 3.8) is 0 Å². The summed E-state index contributed by atoms with van der Waals surface area (Å²) in [6.45, 7) is 6.83. The molecule has 0 radical (unpaired) electrons. The van der Waals surface area contributed by atoms with Crippen molar-refractivity contribution >= 4 is 22.7 Å². The summed E-state index contributed by atoms with van der Waals surface area (Å²) in [5.41, 5.74) is 12.2. The van der Waals surface area contributed by atoms with Crippen molar-refractivity contribution in [2.24, 2.45) is 29.9 Å². The van der Waals surface area contributed by atoms with Crippen LogP contribution in [0.2, 0.25) is 0 Å². The number of imidazole rings is 1. The minimum atomic E-state index is -0.201. The van der Waals surface area contributed by atoms with Crippen molar-refractivity contribution in [3.8, 4) is 11.4 Å². The van der Waals surface area contributed by atoms with Gasteiger partial charge < -0.3 is 4.74 Å². The van der Waals surface area contributed by atoms with Gasteiger partial charge in [0.15, 0.2) is 17.6 Å². The summed E-state index contributed by atoms with van der Waals surface area (Å²) in [5.74, 6) is 2.18. The smallest absolute Gasteiger partial charge is 0.348 e. The molecule has 1 heterocycles. The van der Waals surface area contributed by atoms with Crippen molar-refractivity contribution in [1.29, 1.82) is 0 Å². The average Bonchev–Trinajstić information content (AvgIpc) is 3.06. The summed E-state index contributed by atoms with van der Waals surface area (Å²) in [6, 6.07) is 15.5. The minimum absolute atomic E-state index is 0.0246. The Morgan fingerprint density at radius 1 is 1.21 bits per heavy atom. The van der Waals surface area contributed by atoms with Crippen LogP contribution in [0.4, 0.5) is 5.69 Å². The predicted octanol–water partition coefficient (Wildman–Crippen LogP) is 6.08. The summed E-state index contributed by atoms with van der Waals surface area (Å²) in [6.07, 6.45) is 3.22. The van der Waals surface area contributed by atoms with Crippen LogP contribution in [0, 0.1) is 17.8 Å². The van der Waals surface area contributed by atoms with Gasteiger partial charge in [0.2, 0.25) is 0 Å². The lowest BCUT2D eigenvalue weighted by molar-refractivity contribution is -0.634. The molecule has 0 saturated heterocycles. The molecule has 172 valence electrons. The number of benzene rings is 2. The Balaban J connectivity index is 1.67. The molecule has 1 saturated carbocycles. The average molecular weight is 447 g/mol. The van der Waals surface area contributed by atoms with Crippen LogP contribution in [0.1, 0.15) is 40.0 Å². The van der Waals surface area contributed by atoms with E-state index in [0.29, 0.717) is 23.4 Å². The third-order valence-electron chi connectivity index (χ3n) is 6.92. The first-order chi connectivity index (χ1) is 15.9. The fourth-order valence-electron chi connectivity index (χ4n) is 5.21. The molecule has 0 spiro atoms. The number of rotatable bonds is 6. The van der Waals surface area contributed by atoms with Crippen LogP contribution in [-0.4, -0.2) is 16.6 Å². The summed E-state index contributed by atoms with van der Waals surface area (Å²) < 4.78 is 10.2. The zero-order valence-electron chi connectivity index (χ0n) is 19.8. The van der Waals surface area contributed by atoms with Gasteiger partial charge in [0, 0.05) is 10.6 Å². The van der Waals surface area contributed by atoms with E-state index in [1.807, 2.05) is 48.0 Å². The third-order valence-corrected chi connectivity index (χ3v) is 6.92. The fraction of sp³-hybridized carbons (Fsp3) is 0.462. The highest BCUT2D eigenvalue weighted by molar-refractivity contribution is 5.79. The van der Waals surface area contributed by atoms with Crippen LogP contribution in [0.15, 0.2) is 53.6 Å². The second-order valence-electron chi connectivity index (χ2n) is 9.55. The number of carbonyl (C=O) groups excluding carboxylic acids is 1. The maximum absolute atomic E-state index is 13.2. The van der Waals surface area contributed by atoms with Gasteiger partial charge in [-0.25, -0.2) is 13.9 Å². The van der Waals surface area contributed by atoms with Crippen molar-refractivity contribution < 1.29 is 14.1 Å². The van der Waals surface area contributed by atoms with Crippen LogP contribution in [0.3, 0.4) is 0 Å². The lowest BCUT2D eigenvalue weighted by Gasteiger charge is -2.36. The van der Waals surface area contributed by atoms with E-state index in [0.717, 1.165) is 35.3 Å². The molecule has 0 bridgehead atoms. The molecule has 1 aliphatic rings. The van der Waals surface area contributed by atoms with Crippen molar-refractivity contribution in [2.45, 2.75) is 52.7 Å². The van der Waals surface area contributed by atoms with E-state index in [9.17, 15) is 4.79 Å². The van der Waals surface area contributed by atoms with Gasteiger partial charge >= 0.3 is 5.97 Å². The maximum atomic E-state index is 13.2. The molecule has 1 aromatic heterocycles. The quantitative estimate of drug-likeness (QED) is 0.151. The van der Waals surface area contributed by atoms with E-state index in [2.05, 4.69) is 35.4 Å². The highest BCUT2D eigenvalue weighted by Gasteiger charge is 2.34. The second kappa shape index (κ2) is 9.67. The van der Waals surface area contributed by atoms with Gasteiger partial charge in [0.05, 0.1) is 12.6 Å². The molecule has 0 amide bonds. The van der Waals surface area contributed by atoms with Gasteiger partial charge in [0.25, 0.3) is 5.82 Å². The molecule has 0 unspecified atom stereocenters. The first-order valence-electron chi connectivity index (χ1n) is 11.7. The number of ether oxygens (including phenoxy) is 1. The topological polar surface area (TPSA) is 83.9 Å². The number of hydrogen-bond acceptors (Lipinski definition) is 3. The molecular formula is C26H32N5O2+. The normalized spacial score (nSPS) is 20.6. The van der Waals surface area contributed by atoms with Crippen LogP contribution in [0.5, 0.6) is 0 Å². The predicted molar refractivity (Wildman–Crippen MR) is 129 cm³/mol. The number of aromatic nitrogens is 2. The largest absolute Gasteiger partial charge is 0.459 e. The van der Waals surface area contributed by atoms with Crippen molar-refractivity contribution in [2.75, 3.05) is 0 Å². The SMILES string of the molecule is CC(C)[C@@H]1CC[C@@H](C)C[C@H]1OC(=O)Cn1c(-c2ccc(N=[N+]=[N-])cc2)[n+](C)c2ccccc21. The van der Waals surface area contributed by atoms with Crippen LogP contribution >= 0.6 is 0 Å². The number of para-hydroxylation sites is 2. The zero-order chi connectivity index (χ0) is 23.5. The Bertz CT molecular complexity index is 1190. The highest BCUT2D eigenvalue weighted by atomic mass is 16.5. The molecule has 33 heavy (non-hydrogen) atoms. The summed E-state index contributed by atoms with van der Waals surface area (Å²) in [4.78, 5) is 16.1. The van der Waals surface area contributed by atoms with Crippen molar-refractivity contribution in [1.82, 2.24) is 4.57 Å². The number of fused-ring (bicyclic) bond motifs is 1. The molecule has 0 N–H and O–H groups in total. The number of aryl methyl sites for hydroxylation is 1. The minimum Gasteiger partial charge on any atom is -0.459 e. The lowest BCUT2D eigenvalue weighted by atomic mass is 9.75. The Morgan fingerprint density at radius 3 is 2.64 bits per heavy atom. The molecular weight excluding hydrogens is 414 g/mol. The van der Waals surface area contributed by atoms with E-state index in [-0.39, 0.29) is 18.6 Å². The maximum Gasteiger partial charge on any atom is 0.348 e. The Labute approximate surface area is 194 Å². The van der Waals surface area contributed by atoms with E-state index < -0.39 is 0 Å². The molecule has 3 aromatic rings. The van der Waals surface area contributed by atoms with Crippen LogP contribution in [-0.2, 0) is 23.1 Å². The molecule has 7 nitrogen and oxygen atoms in total. The number of carbonyl (C=O) groups is 1. The van der Waals surface area contributed by atoms with Crippen molar-refractivity contribution in [3.05, 3.63) is 59.0 Å². The molecule has 1 aliphatic carbocycles. The van der Waals surface area contributed by atoms with Gasteiger partial charge in [-0.05, 0) is 60.4 Å². The molecule has 7 heteroatoms. The van der Waals surface area contributed by atoms with E-state index >= 15 is 0 Å². The van der Waals surface area contributed by atoms with Crippen LogP contribution < -0.4 is 4.57 Å². The fourth-order valence-corrected chi connectivity index (χ4v) is 5.21. The molecule has 4 rings (SSSR count). The molecule has 0 aliphatic heterocycles. The number of nitrogens with zero attached hydrogens (tertiary/aromatic N) is 5. The van der Waals surface area contributed by atoms with Crippen LogP contribution in [0.25, 0.3) is 32.9 Å². The summed E-state index contributed by atoms with van der Waals surface area (Å²) in [5, 5.41) is 3.66. The molecule has 1 fully saturated rings. The van der Waals surface area contributed by atoms with Gasteiger partial charge in [-0.3, -0.25) is 0 Å². The molecule has 3 atom stereocenters. The van der Waals surface area contributed by atoms with E-state index in [4.69, 9.17) is 10.3 Å². The van der Waals surface area contributed by atoms with Gasteiger partial charge in [-0.2, -0.15) is 0 Å².